The van der Waals surface area contributed by atoms with Crippen LogP contribution in [0.4, 0.5) is 0 Å². The number of carboxylic acid groups (broad SMARTS) is 1. The van der Waals surface area contributed by atoms with E-state index >= 15 is 0 Å². The lowest BCUT2D eigenvalue weighted by Crippen LogP contribution is -2.51. The van der Waals surface area contributed by atoms with Crippen molar-refractivity contribution in [1.82, 2.24) is 4.90 Å². The molecule has 2 aliphatic rings. The number of carboxylic acids is 1. The lowest BCUT2D eigenvalue weighted by atomic mass is 9.82. The quantitative estimate of drug-likeness (QED) is 0.846. The van der Waals surface area contributed by atoms with Gasteiger partial charge in [-0.1, -0.05) is 19.8 Å². The molecule has 0 aromatic rings. The van der Waals surface area contributed by atoms with Crippen LogP contribution in [0.5, 0.6) is 0 Å². The van der Waals surface area contributed by atoms with Gasteiger partial charge in [0.05, 0.1) is 11.5 Å². The van der Waals surface area contributed by atoms with Gasteiger partial charge in [0, 0.05) is 13.1 Å². The molecular formula is C16H27NO4. The fourth-order valence-corrected chi connectivity index (χ4v) is 3.39. The molecule has 2 rings (SSSR count). The van der Waals surface area contributed by atoms with Crippen LogP contribution in [0.3, 0.4) is 0 Å². The van der Waals surface area contributed by atoms with E-state index in [1.807, 2.05) is 6.92 Å². The highest BCUT2D eigenvalue weighted by molar-refractivity contribution is 5.82. The van der Waals surface area contributed by atoms with E-state index in [0.29, 0.717) is 25.9 Å². The second-order valence-corrected chi connectivity index (χ2v) is 6.67. The van der Waals surface area contributed by atoms with Crippen LogP contribution in [0.25, 0.3) is 0 Å². The van der Waals surface area contributed by atoms with E-state index in [0.717, 1.165) is 19.3 Å². The van der Waals surface area contributed by atoms with E-state index < -0.39 is 17.5 Å². The van der Waals surface area contributed by atoms with Crippen molar-refractivity contribution in [2.24, 2.45) is 5.41 Å². The van der Waals surface area contributed by atoms with Gasteiger partial charge in [-0.2, -0.15) is 0 Å². The van der Waals surface area contributed by atoms with E-state index in [9.17, 15) is 14.7 Å². The van der Waals surface area contributed by atoms with Crippen LogP contribution in [-0.4, -0.2) is 47.2 Å². The molecule has 0 spiro atoms. The lowest BCUT2D eigenvalue weighted by Gasteiger charge is -2.39. The standard InChI is InChI=1S/C16H27NO4/c1-3-13(21-12-7-4-5-8-12)14(18)17-10-6-9-16(2,11-17)15(19)20/h12-13H,3-11H2,1-2H3,(H,19,20). The predicted octanol–water partition coefficient (Wildman–Crippen LogP) is 2.44. The number of carbonyl (C=O) groups excluding carboxylic acids is 1. The third kappa shape index (κ3) is 3.76. The number of carbonyl (C=O) groups is 2. The first-order valence-corrected chi connectivity index (χ1v) is 8.14. The number of rotatable bonds is 5. The van der Waals surface area contributed by atoms with Gasteiger partial charge < -0.3 is 14.7 Å². The summed E-state index contributed by atoms with van der Waals surface area (Å²) in [6.45, 7) is 4.63. The molecule has 0 bridgehead atoms. The van der Waals surface area contributed by atoms with Gasteiger partial charge in [0.25, 0.3) is 5.91 Å². The van der Waals surface area contributed by atoms with Crippen molar-refractivity contribution in [2.45, 2.75) is 71.0 Å². The average molecular weight is 297 g/mol. The third-order valence-corrected chi connectivity index (χ3v) is 4.83. The molecule has 0 aromatic heterocycles. The van der Waals surface area contributed by atoms with Gasteiger partial charge >= 0.3 is 5.97 Å². The van der Waals surface area contributed by atoms with Crippen LogP contribution in [0.1, 0.15) is 58.8 Å². The van der Waals surface area contributed by atoms with E-state index in [4.69, 9.17) is 4.74 Å². The summed E-state index contributed by atoms with van der Waals surface area (Å²) in [5.41, 5.74) is -0.820. The van der Waals surface area contributed by atoms with Crippen LogP contribution in [0.2, 0.25) is 0 Å². The summed E-state index contributed by atoms with van der Waals surface area (Å²) in [6.07, 6.45) is 6.24. The minimum absolute atomic E-state index is 0.0309. The van der Waals surface area contributed by atoms with Gasteiger partial charge in [0.2, 0.25) is 0 Å². The summed E-state index contributed by atoms with van der Waals surface area (Å²) >= 11 is 0. The maximum atomic E-state index is 12.6. The second-order valence-electron chi connectivity index (χ2n) is 6.67. The Bertz CT molecular complexity index is 392. The summed E-state index contributed by atoms with van der Waals surface area (Å²) in [7, 11) is 0. The number of nitrogens with zero attached hydrogens (tertiary/aromatic N) is 1. The van der Waals surface area contributed by atoms with Crippen LogP contribution in [-0.2, 0) is 14.3 Å². The first-order valence-electron chi connectivity index (χ1n) is 8.14. The van der Waals surface area contributed by atoms with Crippen molar-refractivity contribution in [3.63, 3.8) is 0 Å². The Morgan fingerprint density at radius 3 is 2.57 bits per heavy atom. The van der Waals surface area contributed by atoms with Crippen LogP contribution in [0, 0.1) is 5.41 Å². The van der Waals surface area contributed by atoms with E-state index in [2.05, 4.69) is 0 Å². The minimum atomic E-state index is -0.820. The summed E-state index contributed by atoms with van der Waals surface area (Å²) in [5, 5.41) is 9.35. The zero-order valence-corrected chi connectivity index (χ0v) is 13.1. The third-order valence-electron chi connectivity index (χ3n) is 4.83. The topological polar surface area (TPSA) is 66.8 Å². The van der Waals surface area contributed by atoms with Gasteiger partial charge in [-0.3, -0.25) is 9.59 Å². The molecule has 21 heavy (non-hydrogen) atoms. The number of piperidine rings is 1. The van der Waals surface area contributed by atoms with E-state index in [1.165, 1.54) is 12.8 Å². The van der Waals surface area contributed by atoms with Crippen LogP contribution >= 0.6 is 0 Å². The Balaban J connectivity index is 1.97. The Labute approximate surface area is 126 Å². The van der Waals surface area contributed by atoms with Gasteiger partial charge in [-0.25, -0.2) is 0 Å². The van der Waals surface area contributed by atoms with Gasteiger partial charge in [0.1, 0.15) is 6.10 Å². The van der Waals surface area contributed by atoms with Gasteiger partial charge in [-0.15, -0.1) is 0 Å². The van der Waals surface area contributed by atoms with Crippen LogP contribution < -0.4 is 0 Å². The normalized spacial score (nSPS) is 28.6. The average Bonchev–Trinajstić information content (AvgIpc) is 2.97. The highest BCUT2D eigenvalue weighted by atomic mass is 16.5. The summed E-state index contributed by atoms with van der Waals surface area (Å²) < 4.78 is 5.97. The SMILES string of the molecule is CCC(OC1CCCC1)C(=O)N1CCCC(C)(C(=O)O)C1. The Hall–Kier alpha value is -1.10. The molecule has 5 heteroatoms. The van der Waals surface area contributed by atoms with Gasteiger partial charge in [-0.05, 0) is 39.0 Å². The molecule has 2 atom stereocenters. The highest BCUT2D eigenvalue weighted by Gasteiger charge is 2.41. The summed E-state index contributed by atoms with van der Waals surface area (Å²) in [6, 6.07) is 0. The fraction of sp³-hybridized carbons (Fsp3) is 0.875. The van der Waals surface area contributed by atoms with Crippen molar-refractivity contribution in [1.29, 1.82) is 0 Å². The Kier molecular flexibility index (Phi) is 5.25. The zero-order chi connectivity index (χ0) is 15.5. The highest BCUT2D eigenvalue weighted by Crippen LogP contribution is 2.31. The maximum Gasteiger partial charge on any atom is 0.311 e. The van der Waals surface area contributed by atoms with Crippen LogP contribution in [0.15, 0.2) is 0 Å². The number of hydrogen-bond donors (Lipinski definition) is 1. The van der Waals surface area contributed by atoms with Crippen molar-refractivity contribution >= 4 is 11.9 Å². The number of aliphatic carboxylic acids is 1. The molecule has 1 saturated heterocycles. The largest absolute Gasteiger partial charge is 0.481 e. The smallest absolute Gasteiger partial charge is 0.311 e. The summed E-state index contributed by atoms with van der Waals surface area (Å²) in [4.78, 5) is 25.7. The minimum Gasteiger partial charge on any atom is -0.481 e. The molecule has 1 heterocycles. The number of ether oxygens (including phenoxy) is 1. The van der Waals surface area contributed by atoms with Crippen molar-refractivity contribution < 1.29 is 19.4 Å². The monoisotopic (exact) mass is 297 g/mol. The molecule has 1 N–H and O–H groups in total. The predicted molar refractivity (Wildman–Crippen MR) is 79.0 cm³/mol. The molecular weight excluding hydrogens is 270 g/mol. The van der Waals surface area contributed by atoms with Crippen molar-refractivity contribution in [3.05, 3.63) is 0 Å². The van der Waals surface area contributed by atoms with E-state index in [-0.39, 0.29) is 12.0 Å². The molecule has 5 nitrogen and oxygen atoms in total. The van der Waals surface area contributed by atoms with Crippen molar-refractivity contribution in [2.75, 3.05) is 13.1 Å². The number of hydrogen-bond acceptors (Lipinski definition) is 3. The second kappa shape index (κ2) is 6.77. The van der Waals surface area contributed by atoms with Gasteiger partial charge in [0.15, 0.2) is 0 Å². The summed E-state index contributed by atoms with van der Waals surface area (Å²) in [5.74, 6) is -0.846. The zero-order valence-electron chi connectivity index (χ0n) is 13.1. The fourth-order valence-electron chi connectivity index (χ4n) is 3.39. The molecule has 1 aliphatic carbocycles. The number of likely N-dealkylation sites (tertiary alicyclic amines) is 1. The molecule has 1 saturated carbocycles. The van der Waals surface area contributed by atoms with Crippen molar-refractivity contribution in [3.8, 4) is 0 Å². The molecule has 1 aliphatic heterocycles. The molecule has 120 valence electrons. The maximum absolute atomic E-state index is 12.6. The molecule has 0 radical (unpaired) electrons. The first kappa shape index (κ1) is 16.3. The lowest BCUT2D eigenvalue weighted by molar-refractivity contribution is -0.158. The number of amides is 1. The molecule has 1 amide bonds. The molecule has 0 aromatic carbocycles. The first-order chi connectivity index (χ1) is 9.96. The molecule has 2 fully saturated rings. The Morgan fingerprint density at radius 2 is 2.00 bits per heavy atom. The molecule has 2 unspecified atom stereocenters. The Morgan fingerprint density at radius 1 is 1.33 bits per heavy atom. The van der Waals surface area contributed by atoms with E-state index in [1.54, 1.807) is 11.8 Å².